The van der Waals surface area contributed by atoms with Gasteiger partial charge < -0.3 is 15.4 Å². The number of morpholine rings is 1. The second kappa shape index (κ2) is 6.09. The summed E-state index contributed by atoms with van der Waals surface area (Å²) in [6, 6.07) is 0. The molecule has 2 rings (SSSR count). The Morgan fingerprint density at radius 2 is 2.21 bits per heavy atom. The molecule has 1 saturated carbocycles. The van der Waals surface area contributed by atoms with Crippen molar-refractivity contribution in [2.75, 3.05) is 37.7 Å². The zero-order valence-electron chi connectivity index (χ0n) is 11.4. The van der Waals surface area contributed by atoms with Gasteiger partial charge in [-0.1, -0.05) is 0 Å². The molecule has 1 unspecified atom stereocenters. The number of guanidine groups is 1. The molecule has 0 radical (unpaired) electrons. The Hall–Kier alpha value is -0.820. The highest BCUT2D eigenvalue weighted by Crippen LogP contribution is 2.30. The van der Waals surface area contributed by atoms with E-state index in [2.05, 4.69) is 4.99 Å². The number of nitrogens with two attached hydrogens (primary N) is 1. The van der Waals surface area contributed by atoms with Gasteiger partial charge in [0.15, 0.2) is 15.8 Å². The Kier molecular flexibility index (Phi) is 4.67. The van der Waals surface area contributed by atoms with Gasteiger partial charge in [-0.25, -0.2) is 8.42 Å². The molecule has 1 aliphatic heterocycles. The number of hydrogen-bond acceptors (Lipinski definition) is 4. The molecule has 7 heteroatoms. The Morgan fingerprint density at radius 3 is 2.84 bits per heavy atom. The van der Waals surface area contributed by atoms with Gasteiger partial charge >= 0.3 is 0 Å². The van der Waals surface area contributed by atoms with Crippen molar-refractivity contribution in [3.63, 3.8) is 0 Å². The first kappa shape index (κ1) is 14.6. The van der Waals surface area contributed by atoms with Crippen molar-refractivity contribution in [1.29, 1.82) is 0 Å². The highest BCUT2D eigenvalue weighted by molar-refractivity contribution is 7.91. The molecule has 2 N–H and O–H groups in total. The fourth-order valence-corrected chi connectivity index (χ4v) is 3.74. The maximum atomic E-state index is 11.7. The third-order valence-electron chi connectivity index (χ3n) is 3.43. The first-order valence-corrected chi connectivity index (χ1v) is 8.65. The van der Waals surface area contributed by atoms with E-state index in [9.17, 15) is 8.42 Å². The van der Waals surface area contributed by atoms with Crippen LogP contribution >= 0.6 is 0 Å². The fraction of sp³-hybridized carbons (Fsp3) is 0.917. The SMILES string of the molecule is CC1CN(C(N)=NCCS(=O)(=O)CC2CC2)CCO1. The second-order valence-electron chi connectivity index (χ2n) is 5.43. The molecule has 1 atom stereocenters. The molecule has 2 fully saturated rings. The van der Waals surface area contributed by atoms with E-state index in [1.54, 1.807) is 0 Å². The number of ether oxygens (including phenoxy) is 1. The minimum Gasteiger partial charge on any atom is -0.375 e. The summed E-state index contributed by atoms with van der Waals surface area (Å²) < 4.78 is 28.9. The number of rotatable bonds is 5. The van der Waals surface area contributed by atoms with Crippen molar-refractivity contribution in [2.45, 2.75) is 25.9 Å². The predicted octanol–water partition coefficient (Wildman–Crippen LogP) is -0.153. The molecular formula is C12H23N3O3S. The first-order chi connectivity index (χ1) is 8.96. The van der Waals surface area contributed by atoms with Crippen LogP contribution < -0.4 is 5.73 Å². The number of aliphatic imine (C=N–C) groups is 1. The molecule has 1 heterocycles. The van der Waals surface area contributed by atoms with Gasteiger partial charge in [-0.3, -0.25) is 4.99 Å². The highest BCUT2D eigenvalue weighted by atomic mass is 32.2. The number of sulfone groups is 1. The lowest BCUT2D eigenvalue weighted by Gasteiger charge is -2.31. The number of hydrogen-bond donors (Lipinski definition) is 1. The summed E-state index contributed by atoms with van der Waals surface area (Å²) in [6.07, 6.45) is 2.24. The Balaban J connectivity index is 1.77. The molecule has 1 saturated heterocycles. The molecule has 6 nitrogen and oxygen atoms in total. The van der Waals surface area contributed by atoms with Crippen LogP contribution in [0.5, 0.6) is 0 Å². The smallest absolute Gasteiger partial charge is 0.191 e. The van der Waals surface area contributed by atoms with Crippen molar-refractivity contribution in [3.05, 3.63) is 0 Å². The van der Waals surface area contributed by atoms with Crippen LogP contribution in [-0.2, 0) is 14.6 Å². The molecular weight excluding hydrogens is 266 g/mol. The lowest BCUT2D eigenvalue weighted by molar-refractivity contribution is 0.00531. The van der Waals surface area contributed by atoms with Crippen molar-refractivity contribution < 1.29 is 13.2 Å². The largest absolute Gasteiger partial charge is 0.375 e. The molecule has 0 aromatic carbocycles. The number of nitrogens with zero attached hydrogens (tertiary/aromatic N) is 2. The van der Waals surface area contributed by atoms with Gasteiger partial charge in [-0.2, -0.15) is 0 Å². The summed E-state index contributed by atoms with van der Waals surface area (Å²) in [4.78, 5) is 6.13. The first-order valence-electron chi connectivity index (χ1n) is 6.83. The third kappa shape index (κ3) is 4.99. The van der Waals surface area contributed by atoms with Crippen LogP contribution in [0.3, 0.4) is 0 Å². The molecule has 19 heavy (non-hydrogen) atoms. The standard InChI is InChI=1S/C12H23N3O3S/c1-10-8-15(5-6-18-10)12(13)14-4-7-19(16,17)9-11-2-3-11/h10-11H,2-9H2,1H3,(H2,13,14). The Morgan fingerprint density at radius 1 is 1.47 bits per heavy atom. The third-order valence-corrected chi connectivity index (χ3v) is 5.21. The van der Waals surface area contributed by atoms with E-state index in [4.69, 9.17) is 10.5 Å². The van der Waals surface area contributed by atoms with E-state index < -0.39 is 9.84 Å². The van der Waals surface area contributed by atoms with Crippen molar-refractivity contribution in [1.82, 2.24) is 4.90 Å². The minimum atomic E-state index is -2.96. The Bertz CT molecular complexity index is 432. The highest BCUT2D eigenvalue weighted by Gasteiger charge is 2.27. The maximum Gasteiger partial charge on any atom is 0.191 e. The van der Waals surface area contributed by atoms with E-state index in [1.807, 2.05) is 11.8 Å². The normalized spacial score (nSPS) is 25.6. The van der Waals surface area contributed by atoms with Gasteiger partial charge in [0, 0.05) is 13.1 Å². The van der Waals surface area contributed by atoms with Crippen LogP contribution in [0.2, 0.25) is 0 Å². The van der Waals surface area contributed by atoms with Crippen LogP contribution in [0.1, 0.15) is 19.8 Å². The van der Waals surface area contributed by atoms with Gasteiger partial charge in [0.25, 0.3) is 0 Å². The zero-order chi connectivity index (χ0) is 13.9. The van der Waals surface area contributed by atoms with E-state index in [0.717, 1.165) is 12.8 Å². The molecule has 0 spiro atoms. The van der Waals surface area contributed by atoms with Crippen LogP contribution in [0.15, 0.2) is 4.99 Å². The summed E-state index contributed by atoms with van der Waals surface area (Å²) in [5.41, 5.74) is 5.88. The van der Waals surface area contributed by atoms with Gasteiger partial charge in [-0.05, 0) is 25.7 Å². The van der Waals surface area contributed by atoms with E-state index in [0.29, 0.717) is 37.3 Å². The molecule has 110 valence electrons. The van der Waals surface area contributed by atoms with Gasteiger partial charge in [-0.15, -0.1) is 0 Å². The quantitative estimate of drug-likeness (QED) is 0.562. The fourth-order valence-electron chi connectivity index (χ4n) is 2.15. The monoisotopic (exact) mass is 289 g/mol. The average molecular weight is 289 g/mol. The van der Waals surface area contributed by atoms with Crippen molar-refractivity contribution >= 4 is 15.8 Å². The summed E-state index contributed by atoms with van der Waals surface area (Å²) in [5.74, 6) is 1.24. The molecule has 0 bridgehead atoms. The second-order valence-corrected chi connectivity index (χ2v) is 7.65. The summed E-state index contributed by atoms with van der Waals surface area (Å²) >= 11 is 0. The molecule has 0 aromatic heterocycles. The van der Waals surface area contributed by atoms with Crippen LogP contribution in [0.25, 0.3) is 0 Å². The van der Waals surface area contributed by atoms with Crippen LogP contribution in [-0.4, -0.2) is 63.1 Å². The zero-order valence-corrected chi connectivity index (χ0v) is 12.2. The lowest BCUT2D eigenvalue weighted by Crippen LogP contribution is -2.48. The average Bonchev–Trinajstić information content (AvgIpc) is 3.11. The van der Waals surface area contributed by atoms with Gasteiger partial charge in [0.05, 0.1) is 30.8 Å². The predicted molar refractivity (Wildman–Crippen MR) is 74.9 cm³/mol. The van der Waals surface area contributed by atoms with Gasteiger partial charge in [0.2, 0.25) is 0 Å². The van der Waals surface area contributed by atoms with Crippen LogP contribution in [0.4, 0.5) is 0 Å². The molecule has 1 aliphatic carbocycles. The Labute approximate surface area is 114 Å². The maximum absolute atomic E-state index is 11.7. The van der Waals surface area contributed by atoms with E-state index in [-0.39, 0.29) is 18.4 Å². The molecule has 2 aliphatic rings. The van der Waals surface area contributed by atoms with Crippen molar-refractivity contribution in [2.24, 2.45) is 16.6 Å². The lowest BCUT2D eigenvalue weighted by atomic mass is 10.3. The topological polar surface area (TPSA) is 85.0 Å². The summed E-state index contributed by atoms with van der Waals surface area (Å²) in [5, 5.41) is 0. The summed E-state index contributed by atoms with van der Waals surface area (Å²) in [7, 11) is -2.96. The van der Waals surface area contributed by atoms with E-state index >= 15 is 0 Å². The van der Waals surface area contributed by atoms with Gasteiger partial charge in [0.1, 0.15) is 0 Å². The summed E-state index contributed by atoms with van der Waals surface area (Å²) in [6.45, 7) is 4.31. The molecule has 0 aromatic rings. The van der Waals surface area contributed by atoms with Crippen molar-refractivity contribution in [3.8, 4) is 0 Å². The van der Waals surface area contributed by atoms with E-state index in [1.165, 1.54) is 0 Å². The van der Waals surface area contributed by atoms with Crippen LogP contribution in [0, 0.1) is 5.92 Å². The molecule has 0 amide bonds. The minimum absolute atomic E-state index is 0.101.